The Balaban J connectivity index is 1.89. The second-order valence-electron chi connectivity index (χ2n) is 5.97. The number of fused-ring (bicyclic) bond motifs is 1. The van der Waals surface area contributed by atoms with Crippen molar-refractivity contribution < 1.29 is 19.4 Å². The van der Waals surface area contributed by atoms with Crippen molar-refractivity contribution in [1.29, 1.82) is 0 Å². The van der Waals surface area contributed by atoms with E-state index in [0.29, 0.717) is 24.1 Å². The number of nitrogens with zero attached hydrogens (tertiary/aromatic N) is 1. The molecular formula is C20H21NO4. The molecule has 5 nitrogen and oxygen atoms in total. The molecular weight excluding hydrogens is 318 g/mol. The van der Waals surface area contributed by atoms with Gasteiger partial charge in [0.1, 0.15) is 18.1 Å². The number of esters is 1. The fourth-order valence-electron chi connectivity index (χ4n) is 3.01. The highest BCUT2D eigenvalue weighted by Crippen LogP contribution is 2.29. The Hall–Kier alpha value is -2.95. The third kappa shape index (κ3) is 3.31. The molecule has 130 valence electrons. The van der Waals surface area contributed by atoms with E-state index in [2.05, 4.69) is 0 Å². The molecule has 3 aromatic rings. The van der Waals surface area contributed by atoms with Gasteiger partial charge in [-0.1, -0.05) is 17.7 Å². The lowest BCUT2D eigenvalue weighted by Gasteiger charge is -2.10. The van der Waals surface area contributed by atoms with Crippen LogP contribution >= 0.6 is 0 Å². The van der Waals surface area contributed by atoms with E-state index in [-0.39, 0.29) is 5.75 Å². The number of aromatic hydroxyl groups is 1. The number of rotatable bonds is 5. The molecule has 1 heterocycles. The van der Waals surface area contributed by atoms with Crippen molar-refractivity contribution in [2.75, 3.05) is 13.7 Å². The number of aromatic nitrogens is 1. The minimum atomic E-state index is -0.411. The van der Waals surface area contributed by atoms with E-state index in [4.69, 9.17) is 9.47 Å². The number of ether oxygens (including phenoxy) is 2. The van der Waals surface area contributed by atoms with Gasteiger partial charge in [-0.25, -0.2) is 4.79 Å². The van der Waals surface area contributed by atoms with Gasteiger partial charge in [-0.3, -0.25) is 0 Å². The predicted octanol–water partition coefficient (Wildman–Crippen LogP) is 3.83. The summed E-state index contributed by atoms with van der Waals surface area (Å²) in [5.74, 6) is 0.516. The number of carbonyl (C=O) groups is 1. The summed E-state index contributed by atoms with van der Waals surface area (Å²) >= 11 is 0. The van der Waals surface area contributed by atoms with Gasteiger partial charge in [-0.2, -0.15) is 0 Å². The number of hydrogen-bond donors (Lipinski definition) is 1. The number of methoxy groups -OCH3 is 1. The highest BCUT2D eigenvalue weighted by Gasteiger charge is 2.20. The molecule has 0 bridgehead atoms. The monoisotopic (exact) mass is 339 g/mol. The highest BCUT2D eigenvalue weighted by atomic mass is 16.5. The number of phenolic OH excluding ortho intramolecular Hbond substituents is 1. The van der Waals surface area contributed by atoms with Crippen molar-refractivity contribution in [2.45, 2.75) is 20.4 Å². The van der Waals surface area contributed by atoms with Crippen LogP contribution < -0.4 is 4.74 Å². The van der Waals surface area contributed by atoms with E-state index in [1.807, 2.05) is 42.7 Å². The van der Waals surface area contributed by atoms with Crippen molar-refractivity contribution in [3.05, 3.63) is 59.3 Å². The molecule has 0 aliphatic carbocycles. The van der Waals surface area contributed by atoms with E-state index in [0.717, 1.165) is 17.0 Å². The van der Waals surface area contributed by atoms with Gasteiger partial charge < -0.3 is 19.1 Å². The first-order valence-electron chi connectivity index (χ1n) is 8.11. The number of hydrogen-bond acceptors (Lipinski definition) is 4. The highest BCUT2D eigenvalue weighted by molar-refractivity contribution is 6.06. The topological polar surface area (TPSA) is 60.7 Å². The molecule has 2 aromatic carbocycles. The zero-order valence-corrected chi connectivity index (χ0v) is 14.6. The summed E-state index contributed by atoms with van der Waals surface area (Å²) in [7, 11) is 1.36. The SMILES string of the molecule is COC(=O)c1c(C)n(CCOc2ccc(C)cc2)c2ccc(O)cc12. The van der Waals surface area contributed by atoms with Crippen LogP contribution in [0.5, 0.6) is 11.5 Å². The van der Waals surface area contributed by atoms with Crippen LogP contribution in [-0.2, 0) is 11.3 Å². The average Bonchev–Trinajstić information content (AvgIpc) is 2.87. The van der Waals surface area contributed by atoms with Crippen LogP contribution in [0.4, 0.5) is 0 Å². The van der Waals surface area contributed by atoms with Crippen LogP contribution in [0.2, 0.25) is 0 Å². The maximum atomic E-state index is 12.2. The summed E-state index contributed by atoms with van der Waals surface area (Å²) in [6, 6.07) is 12.9. The minimum Gasteiger partial charge on any atom is -0.508 e. The number of phenols is 1. The quantitative estimate of drug-likeness (QED) is 0.718. The molecule has 0 spiro atoms. The van der Waals surface area contributed by atoms with E-state index in [9.17, 15) is 9.90 Å². The van der Waals surface area contributed by atoms with Crippen molar-refractivity contribution in [3.8, 4) is 11.5 Å². The third-order valence-electron chi connectivity index (χ3n) is 4.30. The van der Waals surface area contributed by atoms with Gasteiger partial charge in [0.2, 0.25) is 0 Å². The zero-order valence-electron chi connectivity index (χ0n) is 14.6. The molecule has 5 heteroatoms. The third-order valence-corrected chi connectivity index (χ3v) is 4.30. The first-order valence-corrected chi connectivity index (χ1v) is 8.11. The Morgan fingerprint density at radius 1 is 1.12 bits per heavy atom. The molecule has 0 radical (unpaired) electrons. The van der Waals surface area contributed by atoms with E-state index in [1.165, 1.54) is 12.7 Å². The molecule has 0 fully saturated rings. The van der Waals surface area contributed by atoms with E-state index in [1.54, 1.807) is 18.2 Å². The number of benzene rings is 2. The molecule has 0 atom stereocenters. The summed E-state index contributed by atoms with van der Waals surface area (Å²) in [5.41, 5.74) is 3.31. The Bertz CT molecular complexity index is 910. The Morgan fingerprint density at radius 3 is 2.52 bits per heavy atom. The first-order chi connectivity index (χ1) is 12.0. The van der Waals surface area contributed by atoms with Gasteiger partial charge in [-0.05, 0) is 44.2 Å². The molecule has 1 aromatic heterocycles. The van der Waals surface area contributed by atoms with E-state index < -0.39 is 5.97 Å². The molecule has 25 heavy (non-hydrogen) atoms. The Kier molecular flexibility index (Phi) is 4.65. The van der Waals surface area contributed by atoms with Gasteiger partial charge >= 0.3 is 5.97 Å². The Morgan fingerprint density at radius 2 is 1.84 bits per heavy atom. The molecule has 0 saturated carbocycles. The van der Waals surface area contributed by atoms with Gasteiger partial charge in [0.25, 0.3) is 0 Å². The zero-order chi connectivity index (χ0) is 18.0. The van der Waals surface area contributed by atoms with Crippen molar-refractivity contribution in [3.63, 3.8) is 0 Å². The fourth-order valence-corrected chi connectivity index (χ4v) is 3.01. The summed E-state index contributed by atoms with van der Waals surface area (Å²) in [6.45, 7) is 4.95. The number of aryl methyl sites for hydroxylation is 1. The molecule has 0 aliphatic rings. The lowest BCUT2D eigenvalue weighted by Crippen LogP contribution is -2.11. The standard InChI is InChI=1S/C20H21NO4/c1-13-4-7-16(8-5-13)25-11-10-21-14(2)19(20(23)24-3)17-12-15(22)6-9-18(17)21/h4-9,12,22H,10-11H2,1-3H3. The first kappa shape index (κ1) is 16.9. The smallest absolute Gasteiger partial charge is 0.340 e. The van der Waals surface area contributed by atoms with Crippen LogP contribution in [0.3, 0.4) is 0 Å². The summed E-state index contributed by atoms with van der Waals surface area (Å²) < 4.78 is 12.7. The van der Waals surface area contributed by atoms with Gasteiger partial charge in [0.05, 0.1) is 19.2 Å². The van der Waals surface area contributed by atoms with Crippen LogP contribution in [0.15, 0.2) is 42.5 Å². The van der Waals surface area contributed by atoms with Gasteiger partial charge in [0, 0.05) is 16.6 Å². The van der Waals surface area contributed by atoms with Crippen LogP contribution in [0.25, 0.3) is 10.9 Å². The van der Waals surface area contributed by atoms with Crippen molar-refractivity contribution >= 4 is 16.9 Å². The summed E-state index contributed by atoms with van der Waals surface area (Å²) in [6.07, 6.45) is 0. The van der Waals surface area contributed by atoms with Gasteiger partial charge in [0.15, 0.2) is 0 Å². The van der Waals surface area contributed by atoms with Crippen LogP contribution in [0.1, 0.15) is 21.6 Å². The van der Waals surface area contributed by atoms with Crippen LogP contribution in [0, 0.1) is 13.8 Å². The molecule has 0 saturated heterocycles. The Labute approximate surface area is 146 Å². The average molecular weight is 339 g/mol. The summed E-state index contributed by atoms with van der Waals surface area (Å²) in [4.78, 5) is 12.2. The van der Waals surface area contributed by atoms with Gasteiger partial charge in [-0.15, -0.1) is 0 Å². The normalized spacial score (nSPS) is 10.8. The predicted molar refractivity (Wildman–Crippen MR) is 96.4 cm³/mol. The molecule has 0 unspecified atom stereocenters. The fraction of sp³-hybridized carbons (Fsp3) is 0.250. The maximum absolute atomic E-state index is 12.2. The van der Waals surface area contributed by atoms with Crippen LogP contribution in [-0.4, -0.2) is 29.4 Å². The maximum Gasteiger partial charge on any atom is 0.340 e. The largest absolute Gasteiger partial charge is 0.508 e. The second kappa shape index (κ2) is 6.89. The molecule has 3 rings (SSSR count). The lowest BCUT2D eigenvalue weighted by molar-refractivity contribution is 0.0601. The lowest BCUT2D eigenvalue weighted by atomic mass is 10.1. The molecule has 0 aliphatic heterocycles. The second-order valence-corrected chi connectivity index (χ2v) is 5.97. The molecule has 0 amide bonds. The minimum absolute atomic E-state index is 0.116. The van der Waals surface area contributed by atoms with E-state index >= 15 is 0 Å². The molecule has 1 N–H and O–H groups in total. The number of carbonyl (C=O) groups excluding carboxylic acids is 1. The summed E-state index contributed by atoms with van der Waals surface area (Å²) in [5, 5.41) is 10.5. The van der Waals surface area contributed by atoms with Crippen molar-refractivity contribution in [2.24, 2.45) is 0 Å². The van der Waals surface area contributed by atoms with Crippen molar-refractivity contribution in [1.82, 2.24) is 4.57 Å².